The number of halogens is 3. The standard InChI is InChI=1S/C15H11Cl2FN2OS/c16-12-2-1-3-13(17)11(12)8-19-15(22)14(21)20-10-6-4-9(18)5-7-10/h1-7H,8H2,(H,19,22)(H,20,21). The van der Waals surface area contributed by atoms with Crippen LogP contribution in [0.2, 0.25) is 10.0 Å². The fraction of sp³-hybridized carbons (Fsp3) is 0.0667. The van der Waals surface area contributed by atoms with Crippen molar-refractivity contribution in [2.45, 2.75) is 6.54 Å². The number of rotatable bonds is 3. The predicted molar refractivity (Wildman–Crippen MR) is 90.9 cm³/mol. The first kappa shape index (κ1) is 16.7. The number of amides is 1. The summed E-state index contributed by atoms with van der Waals surface area (Å²) in [6, 6.07) is 10.5. The van der Waals surface area contributed by atoms with Crippen LogP contribution in [0.15, 0.2) is 42.5 Å². The third kappa shape index (κ3) is 4.40. The van der Waals surface area contributed by atoms with Crippen LogP contribution in [0.25, 0.3) is 0 Å². The van der Waals surface area contributed by atoms with Gasteiger partial charge in [0.05, 0.1) is 0 Å². The van der Waals surface area contributed by atoms with Gasteiger partial charge in [0.2, 0.25) is 0 Å². The van der Waals surface area contributed by atoms with Crippen LogP contribution < -0.4 is 10.6 Å². The topological polar surface area (TPSA) is 41.1 Å². The Morgan fingerprint density at radius 2 is 1.68 bits per heavy atom. The summed E-state index contributed by atoms with van der Waals surface area (Å²) in [4.78, 5) is 11.9. The molecule has 0 unspecified atom stereocenters. The van der Waals surface area contributed by atoms with Crippen LogP contribution in [0, 0.1) is 5.82 Å². The Labute approximate surface area is 142 Å². The molecule has 2 rings (SSSR count). The Morgan fingerprint density at radius 1 is 1.09 bits per heavy atom. The lowest BCUT2D eigenvalue weighted by molar-refractivity contribution is -0.110. The molecule has 2 aromatic rings. The molecule has 7 heteroatoms. The minimum Gasteiger partial charge on any atom is -0.368 e. The zero-order chi connectivity index (χ0) is 16.1. The highest BCUT2D eigenvalue weighted by Gasteiger charge is 2.11. The first-order chi connectivity index (χ1) is 10.5. The number of thiocarbonyl (C=S) groups is 1. The Bertz CT molecular complexity index is 687. The molecule has 0 aliphatic rings. The molecule has 0 spiro atoms. The Hall–Kier alpha value is -1.69. The smallest absolute Gasteiger partial charge is 0.283 e. The van der Waals surface area contributed by atoms with Crippen LogP contribution in [-0.2, 0) is 11.3 Å². The number of hydrogen-bond donors (Lipinski definition) is 2. The molecule has 2 N–H and O–H groups in total. The maximum Gasteiger partial charge on any atom is 0.283 e. The molecule has 0 saturated heterocycles. The zero-order valence-electron chi connectivity index (χ0n) is 11.2. The zero-order valence-corrected chi connectivity index (χ0v) is 13.5. The van der Waals surface area contributed by atoms with Crippen LogP contribution >= 0.6 is 35.4 Å². The van der Waals surface area contributed by atoms with Gasteiger partial charge in [-0.25, -0.2) is 4.39 Å². The molecule has 0 bridgehead atoms. The van der Waals surface area contributed by atoms with Crippen LogP contribution in [0.4, 0.5) is 10.1 Å². The monoisotopic (exact) mass is 356 g/mol. The fourth-order valence-corrected chi connectivity index (χ4v) is 2.33. The summed E-state index contributed by atoms with van der Waals surface area (Å²) in [7, 11) is 0. The summed E-state index contributed by atoms with van der Waals surface area (Å²) < 4.78 is 12.8. The molecular formula is C15H11Cl2FN2OS. The van der Waals surface area contributed by atoms with Crippen LogP contribution in [-0.4, -0.2) is 10.9 Å². The van der Waals surface area contributed by atoms with Crippen molar-refractivity contribution in [3.05, 3.63) is 63.9 Å². The van der Waals surface area contributed by atoms with Crippen molar-refractivity contribution in [2.75, 3.05) is 5.32 Å². The maximum atomic E-state index is 12.8. The van der Waals surface area contributed by atoms with Gasteiger partial charge in [-0.2, -0.15) is 0 Å². The van der Waals surface area contributed by atoms with Crippen LogP contribution in [0.5, 0.6) is 0 Å². The van der Waals surface area contributed by atoms with Gasteiger partial charge in [0, 0.05) is 27.8 Å². The number of hydrogen-bond acceptors (Lipinski definition) is 2. The third-order valence-corrected chi connectivity index (χ3v) is 3.83. The molecule has 0 radical (unpaired) electrons. The summed E-state index contributed by atoms with van der Waals surface area (Å²) in [6.07, 6.45) is 0. The van der Waals surface area contributed by atoms with E-state index in [1.54, 1.807) is 18.2 Å². The van der Waals surface area contributed by atoms with E-state index in [0.29, 0.717) is 21.3 Å². The molecule has 0 atom stereocenters. The molecule has 0 aliphatic heterocycles. The Balaban J connectivity index is 1.94. The lowest BCUT2D eigenvalue weighted by Crippen LogP contribution is -2.33. The summed E-state index contributed by atoms with van der Waals surface area (Å²) in [5.74, 6) is -0.878. The van der Waals surface area contributed by atoms with Crippen molar-refractivity contribution >= 4 is 52.0 Å². The van der Waals surface area contributed by atoms with E-state index in [9.17, 15) is 9.18 Å². The minimum absolute atomic E-state index is 0.0136. The molecule has 3 nitrogen and oxygen atoms in total. The van der Waals surface area contributed by atoms with E-state index in [0.717, 1.165) is 0 Å². The van der Waals surface area contributed by atoms with Crippen molar-refractivity contribution < 1.29 is 9.18 Å². The van der Waals surface area contributed by atoms with Gasteiger partial charge >= 0.3 is 0 Å². The summed E-state index contributed by atoms with van der Waals surface area (Å²) in [5.41, 5.74) is 1.11. The van der Waals surface area contributed by atoms with E-state index in [-0.39, 0.29) is 17.4 Å². The number of carbonyl (C=O) groups excluding carboxylic acids is 1. The van der Waals surface area contributed by atoms with Gasteiger partial charge in [0.1, 0.15) is 5.82 Å². The Morgan fingerprint density at radius 3 is 2.27 bits per heavy atom. The molecule has 0 heterocycles. The molecule has 0 saturated carbocycles. The van der Waals surface area contributed by atoms with Crippen molar-refractivity contribution in [3.8, 4) is 0 Å². The van der Waals surface area contributed by atoms with Gasteiger partial charge in [-0.15, -0.1) is 0 Å². The van der Waals surface area contributed by atoms with Crippen molar-refractivity contribution in [1.82, 2.24) is 5.32 Å². The summed E-state index contributed by atoms with van der Waals surface area (Å²) in [5, 5.41) is 6.32. The molecule has 0 fully saturated rings. The predicted octanol–water partition coefficient (Wildman–Crippen LogP) is 4.19. The lowest BCUT2D eigenvalue weighted by Gasteiger charge is -2.11. The first-order valence-corrected chi connectivity index (χ1v) is 7.41. The average Bonchev–Trinajstić information content (AvgIpc) is 2.48. The molecule has 0 aromatic heterocycles. The van der Waals surface area contributed by atoms with Crippen LogP contribution in [0.1, 0.15) is 5.56 Å². The second-order valence-electron chi connectivity index (χ2n) is 4.34. The normalized spacial score (nSPS) is 10.1. The van der Waals surface area contributed by atoms with Gasteiger partial charge in [0.15, 0.2) is 4.99 Å². The van der Waals surface area contributed by atoms with Crippen LogP contribution in [0.3, 0.4) is 0 Å². The fourth-order valence-electron chi connectivity index (χ4n) is 1.67. The highest BCUT2D eigenvalue weighted by atomic mass is 35.5. The van der Waals surface area contributed by atoms with Crippen molar-refractivity contribution in [1.29, 1.82) is 0 Å². The van der Waals surface area contributed by atoms with Crippen molar-refractivity contribution in [2.24, 2.45) is 0 Å². The SMILES string of the molecule is O=C(Nc1ccc(F)cc1)C(=S)NCc1c(Cl)cccc1Cl. The number of nitrogens with one attached hydrogen (secondary N) is 2. The van der Waals surface area contributed by atoms with Gasteiger partial charge < -0.3 is 10.6 Å². The minimum atomic E-state index is -0.496. The van der Waals surface area contributed by atoms with E-state index in [2.05, 4.69) is 10.6 Å². The van der Waals surface area contributed by atoms with Gasteiger partial charge in [-0.05, 0) is 36.4 Å². The molecule has 114 valence electrons. The van der Waals surface area contributed by atoms with E-state index in [1.165, 1.54) is 24.3 Å². The molecule has 0 aliphatic carbocycles. The van der Waals surface area contributed by atoms with Crippen molar-refractivity contribution in [3.63, 3.8) is 0 Å². The quantitative estimate of drug-likeness (QED) is 0.810. The molecule has 22 heavy (non-hydrogen) atoms. The highest BCUT2D eigenvalue weighted by Crippen LogP contribution is 2.23. The third-order valence-electron chi connectivity index (χ3n) is 2.80. The molecule has 1 amide bonds. The van der Waals surface area contributed by atoms with E-state index >= 15 is 0 Å². The largest absolute Gasteiger partial charge is 0.368 e. The second-order valence-corrected chi connectivity index (χ2v) is 5.57. The van der Waals surface area contributed by atoms with Gasteiger partial charge in [-0.1, -0.05) is 41.5 Å². The maximum absolute atomic E-state index is 12.8. The summed E-state index contributed by atoms with van der Waals surface area (Å²) in [6.45, 7) is 0.230. The highest BCUT2D eigenvalue weighted by molar-refractivity contribution is 7.82. The first-order valence-electron chi connectivity index (χ1n) is 6.25. The molecular weight excluding hydrogens is 346 g/mol. The molecule has 2 aromatic carbocycles. The second kappa shape index (κ2) is 7.54. The summed E-state index contributed by atoms with van der Waals surface area (Å²) >= 11 is 17.1. The van der Waals surface area contributed by atoms with E-state index < -0.39 is 5.91 Å². The number of anilines is 1. The average molecular weight is 357 g/mol. The number of carbonyl (C=O) groups is 1. The van der Waals surface area contributed by atoms with Gasteiger partial charge in [0.25, 0.3) is 5.91 Å². The Kier molecular flexibility index (Phi) is 5.71. The van der Waals surface area contributed by atoms with Gasteiger partial charge in [-0.3, -0.25) is 4.79 Å². The number of benzene rings is 2. The van der Waals surface area contributed by atoms with E-state index in [1.807, 2.05) is 0 Å². The lowest BCUT2D eigenvalue weighted by atomic mass is 10.2. The van der Waals surface area contributed by atoms with E-state index in [4.69, 9.17) is 35.4 Å².